The number of carbonyl (C=O) groups excluding carboxylic acids is 1. The van der Waals surface area contributed by atoms with E-state index in [9.17, 15) is 14.4 Å². The average molecular weight is 453 g/mol. The number of nitrogens with zero attached hydrogens (tertiary/aromatic N) is 2. The van der Waals surface area contributed by atoms with Crippen molar-refractivity contribution in [2.75, 3.05) is 6.54 Å². The van der Waals surface area contributed by atoms with Crippen LogP contribution < -0.4 is 16.4 Å². The third-order valence-corrected chi connectivity index (χ3v) is 6.18. The molecule has 34 heavy (non-hydrogen) atoms. The quantitative estimate of drug-likeness (QED) is 0.388. The summed E-state index contributed by atoms with van der Waals surface area (Å²) in [6.07, 6.45) is 2.71. The number of carbonyl (C=O) groups is 1. The zero-order valence-corrected chi connectivity index (χ0v) is 18.7. The normalized spacial score (nSPS) is 11.2. The molecular formula is C27H24N4O3. The van der Waals surface area contributed by atoms with Crippen LogP contribution in [0.3, 0.4) is 0 Å². The van der Waals surface area contributed by atoms with Gasteiger partial charge in [-0.3, -0.25) is 19.0 Å². The maximum Gasteiger partial charge on any atom is 0.317 e. The van der Waals surface area contributed by atoms with Crippen molar-refractivity contribution < 1.29 is 4.79 Å². The van der Waals surface area contributed by atoms with Crippen LogP contribution in [0.25, 0.3) is 21.9 Å². The molecule has 1 amide bonds. The average Bonchev–Trinajstić information content (AvgIpc) is 3.28. The Kier molecular flexibility index (Phi) is 5.59. The van der Waals surface area contributed by atoms with E-state index >= 15 is 0 Å². The minimum absolute atomic E-state index is 0.150. The summed E-state index contributed by atoms with van der Waals surface area (Å²) >= 11 is 0. The number of fused-ring (bicyclic) bond motifs is 2. The Morgan fingerprint density at radius 3 is 2.38 bits per heavy atom. The van der Waals surface area contributed by atoms with Crippen LogP contribution in [0.2, 0.25) is 0 Å². The number of rotatable bonds is 6. The van der Waals surface area contributed by atoms with Crippen molar-refractivity contribution in [2.45, 2.75) is 13.0 Å². The first-order chi connectivity index (χ1) is 16.5. The van der Waals surface area contributed by atoms with Crippen molar-refractivity contribution in [3.8, 4) is 0 Å². The van der Waals surface area contributed by atoms with Gasteiger partial charge >= 0.3 is 11.1 Å². The number of hydrogen-bond donors (Lipinski definition) is 2. The lowest BCUT2D eigenvalue weighted by Crippen LogP contribution is -2.40. The number of hydrogen-bond acceptors (Lipinski definition) is 3. The van der Waals surface area contributed by atoms with Crippen LogP contribution in [0.1, 0.15) is 21.5 Å². The second-order valence-electron chi connectivity index (χ2n) is 8.31. The molecule has 0 unspecified atom stereocenters. The Hall–Kier alpha value is -4.39. The van der Waals surface area contributed by atoms with Crippen LogP contribution in [0.15, 0.2) is 88.6 Å². The van der Waals surface area contributed by atoms with E-state index in [-0.39, 0.29) is 12.5 Å². The second-order valence-corrected chi connectivity index (χ2v) is 8.31. The van der Waals surface area contributed by atoms with Gasteiger partial charge in [0, 0.05) is 36.3 Å². The van der Waals surface area contributed by atoms with E-state index in [4.69, 9.17) is 0 Å². The molecule has 5 rings (SSSR count). The molecule has 0 spiro atoms. The van der Waals surface area contributed by atoms with E-state index in [1.807, 2.05) is 60.8 Å². The molecule has 2 heterocycles. The van der Waals surface area contributed by atoms with Gasteiger partial charge in [-0.1, -0.05) is 42.5 Å². The molecule has 0 saturated heterocycles. The highest BCUT2D eigenvalue weighted by Gasteiger charge is 2.12. The monoisotopic (exact) mass is 452 g/mol. The zero-order chi connectivity index (χ0) is 23.7. The van der Waals surface area contributed by atoms with Gasteiger partial charge < -0.3 is 14.9 Å². The second kappa shape index (κ2) is 8.86. The standard InChI is InChI=1S/C27H24N4O3/c1-30-23-8-4-5-9-24(23)31(27(34)26(30)33)17-18-10-12-19(13-11-18)25(32)28-15-14-20-16-29-22-7-3-2-6-21(20)22/h2-13,16,29H,14-15,17H2,1H3,(H,28,32). The van der Waals surface area contributed by atoms with Gasteiger partial charge in [-0.05, 0) is 47.9 Å². The molecule has 170 valence electrons. The summed E-state index contributed by atoms with van der Waals surface area (Å²) in [4.78, 5) is 40.9. The number of aromatic nitrogens is 3. The maximum absolute atomic E-state index is 12.6. The lowest BCUT2D eigenvalue weighted by Gasteiger charge is -2.13. The number of H-pyrrole nitrogens is 1. The molecule has 2 aromatic heterocycles. The molecule has 0 aliphatic rings. The summed E-state index contributed by atoms with van der Waals surface area (Å²) in [5.74, 6) is -0.150. The molecule has 2 N–H and O–H groups in total. The molecule has 7 nitrogen and oxygen atoms in total. The Balaban J connectivity index is 1.28. The fourth-order valence-corrected chi connectivity index (χ4v) is 4.31. The largest absolute Gasteiger partial charge is 0.361 e. The van der Waals surface area contributed by atoms with Gasteiger partial charge in [-0.15, -0.1) is 0 Å². The van der Waals surface area contributed by atoms with Gasteiger partial charge in [0.2, 0.25) is 0 Å². The van der Waals surface area contributed by atoms with Crippen molar-refractivity contribution >= 4 is 27.8 Å². The van der Waals surface area contributed by atoms with Crippen LogP contribution in [0, 0.1) is 0 Å². The topological polar surface area (TPSA) is 88.9 Å². The fraction of sp³-hybridized carbons (Fsp3) is 0.148. The molecule has 0 aliphatic heterocycles. The van der Waals surface area contributed by atoms with Gasteiger partial charge in [0.1, 0.15) is 0 Å². The Morgan fingerprint density at radius 2 is 1.59 bits per heavy atom. The smallest absolute Gasteiger partial charge is 0.317 e. The SMILES string of the molecule is Cn1c(=O)c(=O)n(Cc2ccc(C(=O)NCCc3c[nH]c4ccccc34)cc2)c2ccccc21. The molecule has 3 aromatic carbocycles. The number of aryl methyl sites for hydroxylation is 1. The number of para-hydroxylation sites is 3. The minimum atomic E-state index is -0.569. The predicted octanol–water partition coefficient (Wildman–Crippen LogP) is 3.20. The fourth-order valence-electron chi connectivity index (χ4n) is 4.31. The van der Waals surface area contributed by atoms with E-state index in [1.54, 1.807) is 19.2 Å². The van der Waals surface area contributed by atoms with Gasteiger partial charge in [0.25, 0.3) is 5.91 Å². The molecule has 0 fully saturated rings. The van der Waals surface area contributed by atoms with E-state index in [0.717, 1.165) is 23.1 Å². The maximum atomic E-state index is 12.6. The molecule has 0 aliphatic carbocycles. The molecule has 0 atom stereocenters. The first-order valence-electron chi connectivity index (χ1n) is 11.1. The van der Waals surface area contributed by atoms with E-state index in [2.05, 4.69) is 16.4 Å². The van der Waals surface area contributed by atoms with Crippen molar-refractivity contribution in [3.05, 3.63) is 116 Å². The summed E-state index contributed by atoms with van der Waals surface area (Å²) in [7, 11) is 1.60. The molecule has 0 radical (unpaired) electrons. The summed E-state index contributed by atoms with van der Waals surface area (Å²) < 4.78 is 2.85. The first-order valence-corrected chi connectivity index (χ1v) is 11.1. The lowest BCUT2D eigenvalue weighted by molar-refractivity contribution is 0.0954. The molecular weight excluding hydrogens is 428 g/mol. The molecule has 5 aromatic rings. The minimum Gasteiger partial charge on any atom is -0.361 e. The van der Waals surface area contributed by atoms with Crippen molar-refractivity contribution in [1.82, 2.24) is 19.4 Å². The zero-order valence-electron chi connectivity index (χ0n) is 18.7. The summed E-state index contributed by atoms with van der Waals surface area (Å²) in [6.45, 7) is 0.773. The van der Waals surface area contributed by atoms with Crippen LogP contribution in [0.5, 0.6) is 0 Å². The van der Waals surface area contributed by atoms with E-state index in [0.29, 0.717) is 23.1 Å². The van der Waals surface area contributed by atoms with Crippen molar-refractivity contribution in [2.24, 2.45) is 7.05 Å². The number of nitrogens with one attached hydrogen (secondary N) is 2. The van der Waals surface area contributed by atoms with Crippen LogP contribution in [-0.4, -0.2) is 26.6 Å². The molecule has 0 bridgehead atoms. The highest BCUT2D eigenvalue weighted by molar-refractivity contribution is 5.94. The summed E-state index contributed by atoms with van der Waals surface area (Å²) in [5.41, 5.74) is 3.87. The van der Waals surface area contributed by atoms with Gasteiger partial charge in [0.15, 0.2) is 0 Å². The number of amides is 1. The van der Waals surface area contributed by atoms with Crippen LogP contribution in [-0.2, 0) is 20.0 Å². The lowest BCUT2D eigenvalue weighted by atomic mass is 10.1. The summed E-state index contributed by atoms with van der Waals surface area (Å²) in [5, 5.41) is 4.13. The Labute approximate surface area is 195 Å². The Morgan fingerprint density at radius 1 is 0.882 bits per heavy atom. The highest BCUT2D eigenvalue weighted by Crippen LogP contribution is 2.18. The molecule has 0 saturated carbocycles. The number of aromatic amines is 1. The van der Waals surface area contributed by atoms with Gasteiger partial charge in [-0.2, -0.15) is 0 Å². The van der Waals surface area contributed by atoms with Crippen LogP contribution >= 0.6 is 0 Å². The third kappa shape index (κ3) is 3.92. The molecule has 7 heteroatoms. The van der Waals surface area contributed by atoms with Crippen LogP contribution in [0.4, 0.5) is 0 Å². The first kappa shape index (κ1) is 21.5. The predicted molar refractivity (Wildman–Crippen MR) is 133 cm³/mol. The van der Waals surface area contributed by atoms with Gasteiger partial charge in [-0.25, -0.2) is 0 Å². The van der Waals surface area contributed by atoms with Crippen molar-refractivity contribution in [3.63, 3.8) is 0 Å². The Bertz CT molecular complexity index is 1620. The van der Waals surface area contributed by atoms with Crippen molar-refractivity contribution in [1.29, 1.82) is 0 Å². The van der Waals surface area contributed by atoms with E-state index in [1.165, 1.54) is 14.5 Å². The number of benzene rings is 3. The highest BCUT2D eigenvalue weighted by atomic mass is 16.2. The summed E-state index contributed by atoms with van der Waals surface area (Å²) in [6, 6.07) is 22.5. The van der Waals surface area contributed by atoms with E-state index < -0.39 is 11.1 Å². The van der Waals surface area contributed by atoms with Gasteiger partial charge in [0.05, 0.1) is 17.6 Å². The third-order valence-electron chi connectivity index (χ3n) is 6.18.